The zero-order valence-electron chi connectivity index (χ0n) is 20.6. The fourth-order valence-corrected chi connectivity index (χ4v) is 4.14. The van der Waals surface area contributed by atoms with E-state index in [1.807, 2.05) is 81.5 Å². The van der Waals surface area contributed by atoms with Crippen molar-refractivity contribution in [2.75, 3.05) is 5.32 Å². The highest BCUT2D eigenvalue weighted by molar-refractivity contribution is 6.04. The minimum atomic E-state index is -0.540. The van der Waals surface area contributed by atoms with Gasteiger partial charge in [-0.25, -0.2) is 4.68 Å². The third-order valence-corrected chi connectivity index (χ3v) is 6.01. The van der Waals surface area contributed by atoms with Crippen LogP contribution in [0.3, 0.4) is 0 Å². The molecule has 6 heteroatoms. The van der Waals surface area contributed by atoms with Crippen molar-refractivity contribution in [1.82, 2.24) is 9.78 Å². The molecule has 3 aromatic rings. The van der Waals surface area contributed by atoms with Crippen LogP contribution >= 0.6 is 0 Å². The summed E-state index contributed by atoms with van der Waals surface area (Å²) in [6.07, 6.45) is 8.99. The van der Waals surface area contributed by atoms with Crippen molar-refractivity contribution < 1.29 is 9.59 Å². The van der Waals surface area contributed by atoms with Gasteiger partial charge >= 0.3 is 0 Å². The van der Waals surface area contributed by atoms with Crippen LogP contribution in [0.5, 0.6) is 0 Å². The molecule has 0 bridgehead atoms. The fraction of sp³-hybridized carbons (Fsp3) is 0.207. The van der Waals surface area contributed by atoms with Crippen LogP contribution in [0.2, 0.25) is 0 Å². The summed E-state index contributed by atoms with van der Waals surface area (Å²) in [6, 6.07) is 13.9. The maximum atomic E-state index is 12.8. The van der Waals surface area contributed by atoms with E-state index in [0.29, 0.717) is 23.4 Å². The van der Waals surface area contributed by atoms with E-state index in [4.69, 9.17) is 5.73 Å². The molecule has 4 rings (SSSR count). The molecule has 3 N–H and O–H groups in total. The molecule has 35 heavy (non-hydrogen) atoms. The molecule has 1 heterocycles. The number of benzene rings is 2. The smallest absolute Gasteiger partial charge is 0.269 e. The highest BCUT2D eigenvalue weighted by atomic mass is 16.2. The summed E-state index contributed by atoms with van der Waals surface area (Å²) < 4.78 is 1.79. The standard InChI is InChI=1S/C29H30N4O2/c1-18(2)7-5-6-8-20(4)29(35)31-22-13-11-21-12-16-24-26(28(30)34)32-33(27(24)25(21)17-22)23-14-9-19(3)10-15-23/h5-11,13-15,17H,12,16H2,1-4H3,(H2,30,34)(H,31,35)/b6-5-,20-8+. The first-order valence-corrected chi connectivity index (χ1v) is 11.7. The van der Waals surface area contributed by atoms with E-state index in [9.17, 15) is 9.59 Å². The number of anilines is 1. The molecule has 6 nitrogen and oxygen atoms in total. The van der Waals surface area contributed by atoms with Crippen LogP contribution in [-0.4, -0.2) is 21.6 Å². The average Bonchev–Trinajstić information content (AvgIpc) is 3.22. The number of fused-ring (bicyclic) bond motifs is 3. The fourth-order valence-electron chi connectivity index (χ4n) is 4.14. The molecule has 1 aromatic heterocycles. The Hall–Kier alpha value is -4.19. The largest absolute Gasteiger partial charge is 0.364 e. The normalized spacial score (nSPS) is 12.7. The predicted molar refractivity (Wildman–Crippen MR) is 141 cm³/mol. The van der Waals surface area contributed by atoms with E-state index >= 15 is 0 Å². The second-order valence-corrected chi connectivity index (χ2v) is 9.09. The first-order valence-electron chi connectivity index (χ1n) is 11.7. The summed E-state index contributed by atoms with van der Waals surface area (Å²) in [7, 11) is 0. The number of rotatable bonds is 6. The third-order valence-electron chi connectivity index (χ3n) is 6.01. The van der Waals surface area contributed by atoms with Crippen molar-refractivity contribution >= 4 is 17.5 Å². The molecule has 2 amide bonds. The number of carbonyl (C=O) groups is 2. The highest BCUT2D eigenvalue weighted by Crippen LogP contribution is 2.38. The second kappa shape index (κ2) is 9.97. The highest BCUT2D eigenvalue weighted by Gasteiger charge is 2.28. The van der Waals surface area contributed by atoms with Crippen molar-refractivity contribution in [1.29, 1.82) is 0 Å². The Balaban J connectivity index is 1.71. The van der Waals surface area contributed by atoms with Crippen LogP contribution in [0.15, 0.2) is 77.9 Å². The van der Waals surface area contributed by atoms with Gasteiger partial charge < -0.3 is 11.1 Å². The molecular weight excluding hydrogens is 436 g/mol. The Labute approximate surface area is 205 Å². The lowest BCUT2D eigenvalue weighted by Crippen LogP contribution is -2.16. The number of nitrogens with zero attached hydrogens (tertiary/aromatic N) is 2. The Bertz CT molecular complexity index is 1380. The number of nitrogens with one attached hydrogen (secondary N) is 1. The number of aryl methyl sites for hydroxylation is 2. The predicted octanol–water partition coefficient (Wildman–Crippen LogP) is 5.45. The molecule has 0 unspecified atom stereocenters. The van der Waals surface area contributed by atoms with Gasteiger partial charge in [-0.15, -0.1) is 0 Å². The minimum absolute atomic E-state index is 0.173. The van der Waals surface area contributed by atoms with Crippen molar-refractivity contribution in [2.45, 2.75) is 40.5 Å². The van der Waals surface area contributed by atoms with E-state index in [2.05, 4.69) is 10.4 Å². The van der Waals surface area contributed by atoms with Gasteiger partial charge in [-0.1, -0.05) is 53.6 Å². The monoisotopic (exact) mass is 466 g/mol. The number of hydrogen-bond acceptors (Lipinski definition) is 3. The summed E-state index contributed by atoms with van der Waals surface area (Å²) in [5.41, 5.74) is 14.2. The van der Waals surface area contributed by atoms with Crippen molar-refractivity contribution in [3.05, 3.63) is 100 Å². The molecule has 1 aliphatic rings. The molecule has 0 saturated heterocycles. The Morgan fingerprint density at radius 1 is 1.00 bits per heavy atom. The van der Waals surface area contributed by atoms with Gasteiger partial charge in [-0.05, 0) is 70.4 Å². The van der Waals surface area contributed by atoms with Gasteiger partial charge in [0.2, 0.25) is 0 Å². The van der Waals surface area contributed by atoms with Crippen molar-refractivity contribution in [3.8, 4) is 16.9 Å². The third kappa shape index (κ3) is 5.17. The topological polar surface area (TPSA) is 90.0 Å². The molecule has 1 aliphatic carbocycles. The SMILES string of the molecule is CC(C)=C/C=C\C=C(/C)C(=O)Nc1ccc2c(c1)-c1c(c(C(N)=O)nn1-c1ccc(C)cc1)CC2. The van der Waals surface area contributed by atoms with Gasteiger partial charge in [0.05, 0.1) is 11.4 Å². The van der Waals surface area contributed by atoms with E-state index in [0.717, 1.165) is 40.1 Å². The van der Waals surface area contributed by atoms with Crippen molar-refractivity contribution in [2.24, 2.45) is 5.73 Å². The van der Waals surface area contributed by atoms with Crippen LogP contribution in [-0.2, 0) is 17.6 Å². The quantitative estimate of drug-likeness (QED) is 0.374. The number of nitrogens with two attached hydrogens (primary N) is 1. The van der Waals surface area contributed by atoms with Gasteiger partial charge in [0.1, 0.15) is 0 Å². The number of amides is 2. The van der Waals surface area contributed by atoms with Gasteiger partial charge in [0, 0.05) is 22.4 Å². The first kappa shape index (κ1) is 24.0. The summed E-state index contributed by atoms with van der Waals surface area (Å²) >= 11 is 0. The van der Waals surface area contributed by atoms with Gasteiger partial charge in [0.25, 0.3) is 11.8 Å². The molecule has 0 spiro atoms. The number of aromatic nitrogens is 2. The number of primary amides is 1. The second-order valence-electron chi connectivity index (χ2n) is 9.09. The average molecular weight is 467 g/mol. The molecule has 0 radical (unpaired) electrons. The van der Waals surface area contributed by atoms with E-state index in [1.54, 1.807) is 17.7 Å². The number of carbonyl (C=O) groups excluding carboxylic acids is 2. The van der Waals surface area contributed by atoms with Crippen LogP contribution in [0.4, 0.5) is 5.69 Å². The molecule has 178 valence electrons. The first-order chi connectivity index (χ1) is 16.7. The van der Waals surface area contributed by atoms with Gasteiger partial charge in [-0.2, -0.15) is 5.10 Å². The zero-order chi connectivity index (χ0) is 25.1. The van der Waals surface area contributed by atoms with Crippen LogP contribution in [0, 0.1) is 6.92 Å². The summed E-state index contributed by atoms with van der Waals surface area (Å²) in [5, 5.41) is 7.59. The lowest BCUT2D eigenvalue weighted by atomic mass is 9.88. The molecule has 0 aliphatic heterocycles. The van der Waals surface area contributed by atoms with Gasteiger partial charge in [-0.3, -0.25) is 9.59 Å². The Morgan fingerprint density at radius 2 is 1.71 bits per heavy atom. The van der Waals surface area contributed by atoms with E-state index in [1.165, 1.54) is 5.57 Å². The molecule has 0 saturated carbocycles. The lowest BCUT2D eigenvalue weighted by Gasteiger charge is -2.20. The van der Waals surface area contributed by atoms with E-state index in [-0.39, 0.29) is 5.91 Å². The summed E-state index contributed by atoms with van der Waals surface area (Å²) in [5.74, 6) is -0.713. The maximum absolute atomic E-state index is 12.8. The van der Waals surface area contributed by atoms with Gasteiger partial charge in [0.15, 0.2) is 5.69 Å². The summed E-state index contributed by atoms with van der Waals surface area (Å²) in [4.78, 5) is 25.0. The Morgan fingerprint density at radius 3 is 2.40 bits per heavy atom. The van der Waals surface area contributed by atoms with Crippen molar-refractivity contribution in [3.63, 3.8) is 0 Å². The van der Waals surface area contributed by atoms with Crippen LogP contribution in [0.25, 0.3) is 16.9 Å². The van der Waals surface area contributed by atoms with Crippen LogP contribution < -0.4 is 11.1 Å². The Kier molecular flexibility index (Phi) is 6.82. The molecule has 2 aromatic carbocycles. The zero-order valence-corrected chi connectivity index (χ0v) is 20.6. The summed E-state index contributed by atoms with van der Waals surface area (Å²) in [6.45, 7) is 7.85. The van der Waals surface area contributed by atoms with E-state index < -0.39 is 5.91 Å². The maximum Gasteiger partial charge on any atom is 0.269 e. The molecule has 0 atom stereocenters. The number of allylic oxidation sites excluding steroid dienone is 5. The lowest BCUT2D eigenvalue weighted by molar-refractivity contribution is -0.112. The van der Waals surface area contributed by atoms with Crippen LogP contribution in [0.1, 0.15) is 48.0 Å². The number of hydrogen-bond donors (Lipinski definition) is 2. The molecular formula is C29H30N4O2. The minimum Gasteiger partial charge on any atom is -0.364 e. The molecule has 0 fully saturated rings.